The van der Waals surface area contributed by atoms with Crippen LogP contribution in [0.3, 0.4) is 0 Å². The Hall–Kier alpha value is -0.120. The number of nitrogens with zero attached hydrogens (tertiary/aromatic N) is 1. The predicted molar refractivity (Wildman–Crippen MR) is 82.5 cm³/mol. The van der Waals surface area contributed by atoms with E-state index in [1.54, 1.807) is 0 Å². The van der Waals surface area contributed by atoms with E-state index in [4.69, 9.17) is 0 Å². The minimum absolute atomic E-state index is 0.161. The highest BCUT2D eigenvalue weighted by atomic mass is 16.3. The molecule has 0 amide bonds. The normalized spacial score (nSPS) is 43.8. The molecule has 2 aliphatic rings. The van der Waals surface area contributed by atoms with E-state index in [-0.39, 0.29) is 5.41 Å². The van der Waals surface area contributed by atoms with E-state index in [1.807, 2.05) is 0 Å². The van der Waals surface area contributed by atoms with Crippen LogP contribution in [0.4, 0.5) is 0 Å². The summed E-state index contributed by atoms with van der Waals surface area (Å²) in [4.78, 5) is 2.42. The van der Waals surface area contributed by atoms with Gasteiger partial charge in [0, 0.05) is 24.5 Å². The van der Waals surface area contributed by atoms with E-state index in [2.05, 4.69) is 39.5 Å². The molecule has 2 rings (SSSR count). The van der Waals surface area contributed by atoms with Crippen LogP contribution in [0.25, 0.3) is 0 Å². The minimum Gasteiger partial charge on any atom is -0.390 e. The molecule has 3 heteroatoms. The van der Waals surface area contributed by atoms with Crippen LogP contribution in [0.1, 0.15) is 53.9 Å². The Kier molecular flexibility index (Phi) is 4.83. The van der Waals surface area contributed by atoms with Crippen LogP contribution in [-0.4, -0.2) is 46.5 Å². The average molecular weight is 283 g/mol. The number of hydrogen-bond acceptors (Lipinski definition) is 3. The Morgan fingerprint density at radius 2 is 1.85 bits per heavy atom. The molecule has 2 fully saturated rings. The summed E-state index contributed by atoms with van der Waals surface area (Å²) in [7, 11) is 0. The first kappa shape index (κ1) is 16.3. The molecule has 0 spiro atoms. The molecule has 0 bridgehead atoms. The maximum atomic E-state index is 10.6. The van der Waals surface area contributed by atoms with Crippen LogP contribution in [-0.2, 0) is 0 Å². The molecule has 3 nitrogen and oxygen atoms in total. The highest BCUT2D eigenvalue weighted by molar-refractivity contribution is 5.05. The number of aliphatic hydroxyl groups is 2. The summed E-state index contributed by atoms with van der Waals surface area (Å²) in [6, 6.07) is 0.440. The van der Waals surface area contributed by atoms with Crippen molar-refractivity contribution in [3.05, 3.63) is 0 Å². The standard InChI is InChI=1S/C17H33NO2/c1-11(2)13(4)6-7-17(5)15-8-12(3)9-18(15)10-14(19)16(17)20/h11-16,19-20H,6-10H2,1-5H3. The van der Waals surface area contributed by atoms with Gasteiger partial charge in [0.2, 0.25) is 0 Å². The lowest BCUT2D eigenvalue weighted by Crippen LogP contribution is -2.61. The molecule has 118 valence electrons. The number of aliphatic hydroxyl groups excluding tert-OH is 2. The summed E-state index contributed by atoms with van der Waals surface area (Å²) in [5.41, 5.74) is -0.161. The summed E-state index contributed by atoms with van der Waals surface area (Å²) in [5, 5.41) is 20.8. The van der Waals surface area contributed by atoms with Gasteiger partial charge in [-0.15, -0.1) is 0 Å². The lowest BCUT2D eigenvalue weighted by molar-refractivity contribution is -0.140. The van der Waals surface area contributed by atoms with Gasteiger partial charge >= 0.3 is 0 Å². The fourth-order valence-electron chi connectivity index (χ4n) is 4.18. The third kappa shape index (κ3) is 2.90. The Bertz CT molecular complexity index is 333. The second kappa shape index (κ2) is 5.94. The molecule has 6 unspecified atom stereocenters. The molecule has 0 aliphatic carbocycles. The number of rotatable bonds is 4. The van der Waals surface area contributed by atoms with E-state index >= 15 is 0 Å². The zero-order valence-corrected chi connectivity index (χ0v) is 13.8. The maximum absolute atomic E-state index is 10.6. The second-order valence-electron chi connectivity index (χ2n) is 8.09. The van der Waals surface area contributed by atoms with Crippen LogP contribution in [0.5, 0.6) is 0 Å². The number of fused-ring (bicyclic) bond motifs is 1. The van der Waals surface area contributed by atoms with Gasteiger partial charge in [0.25, 0.3) is 0 Å². The highest BCUT2D eigenvalue weighted by Crippen LogP contribution is 2.46. The summed E-state index contributed by atoms with van der Waals surface area (Å²) < 4.78 is 0. The van der Waals surface area contributed by atoms with Crippen LogP contribution >= 0.6 is 0 Å². The lowest BCUT2D eigenvalue weighted by atomic mass is 9.67. The zero-order valence-electron chi connectivity index (χ0n) is 13.8. The van der Waals surface area contributed by atoms with E-state index in [1.165, 1.54) is 0 Å². The average Bonchev–Trinajstić information content (AvgIpc) is 2.75. The lowest BCUT2D eigenvalue weighted by Gasteiger charge is -2.51. The van der Waals surface area contributed by atoms with Crippen molar-refractivity contribution in [1.82, 2.24) is 4.90 Å². The molecule has 0 aromatic rings. The number of hydrogen-bond donors (Lipinski definition) is 2. The molecule has 0 aromatic carbocycles. The van der Waals surface area contributed by atoms with Gasteiger partial charge in [0.05, 0.1) is 12.2 Å². The van der Waals surface area contributed by atoms with Crippen LogP contribution in [0.2, 0.25) is 0 Å². The van der Waals surface area contributed by atoms with Crippen molar-refractivity contribution in [2.75, 3.05) is 13.1 Å². The molecular weight excluding hydrogens is 250 g/mol. The van der Waals surface area contributed by atoms with Crippen LogP contribution in [0, 0.1) is 23.2 Å². The summed E-state index contributed by atoms with van der Waals surface area (Å²) in [5.74, 6) is 2.03. The van der Waals surface area contributed by atoms with E-state index in [0.717, 1.165) is 25.8 Å². The van der Waals surface area contributed by atoms with Gasteiger partial charge < -0.3 is 10.2 Å². The van der Waals surface area contributed by atoms with Crippen LogP contribution < -0.4 is 0 Å². The SMILES string of the molecule is CC1CC2N(C1)CC(O)C(O)C2(C)CCC(C)C(C)C. The fourth-order valence-corrected chi connectivity index (χ4v) is 4.18. The van der Waals surface area contributed by atoms with E-state index < -0.39 is 12.2 Å². The quantitative estimate of drug-likeness (QED) is 0.833. The largest absolute Gasteiger partial charge is 0.390 e. The second-order valence-corrected chi connectivity index (χ2v) is 8.09. The van der Waals surface area contributed by atoms with E-state index in [0.29, 0.717) is 30.3 Å². The fraction of sp³-hybridized carbons (Fsp3) is 1.00. The predicted octanol–water partition coefficient (Wildman–Crippen LogP) is 2.51. The van der Waals surface area contributed by atoms with Crippen molar-refractivity contribution in [3.63, 3.8) is 0 Å². The topological polar surface area (TPSA) is 43.7 Å². The molecular formula is C17H33NO2. The van der Waals surface area contributed by atoms with Gasteiger partial charge in [0.1, 0.15) is 0 Å². The Morgan fingerprint density at radius 3 is 2.45 bits per heavy atom. The molecule has 2 aliphatic heterocycles. The van der Waals surface area contributed by atoms with Gasteiger partial charge in [-0.1, -0.05) is 34.6 Å². The first-order valence-corrected chi connectivity index (χ1v) is 8.36. The third-order valence-corrected chi connectivity index (χ3v) is 6.11. The molecule has 2 saturated heterocycles. The van der Waals surface area contributed by atoms with Gasteiger partial charge in [0.15, 0.2) is 0 Å². The summed E-state index contributed by atoms with van der Waals surface area (Å²) >= 11 is 0. The Labute approximate surface area is 124 Å². The van der Waals surface area contributed by atoms with Crippen molar-refractivity contribution in [2.24, 2.45) is 23.2 Å². The smallest absolute Gasteiger partial charge is 0.0931 e. The van der Waals surface area contributed by atoms with E-state index in [9.17, 15) is 10.2 Å². The van der Waals surface area contributed by atoms with Crippen molar-refractivity contribution >= 4 is 0 Å². The molecule has 2 N–H and O–H groups in total. The molecule has 0 aromatic heterocycles. The third-order valence-electron chi connectivity index (χ3n) is 6.11. The summed E-state index contributed by atoms with van der Waals surface area (Å²) in [6.07, 6.45) is 2.15. The summed E-state index contributed by atoms with van der Waals surface area (Å²) in [6.45, 7) is 13.0. The minimum atomic E-state index is -0.587. The maximum Gasteiger partial charge on any atom is 0.0931 e. The Balaban J connectivity index is 2.11. The van der Waals surface area contributed by atoms with Gasteiger partial charge in [-0.25, -0.2) is 0 Å². The van der Waals surface area contributed by atoms with Gasteiger partial charge in [-0.2, -0.15) is 0 Å². The molecule has 20 heavy (non-hydrogen) atoms. The first-order chi connectivity index (χ1) is 9.25. The zero-order chi connectivity index (χ0) is 15.1. The van der Waals surface area contributed by atoms with Gasteiger partial charge in [-0.05, 0) is 37.0 Å². The van der Waals surface area contributed by atoms with Crippen molar-refractivity contribution < 1.29 is 10.2 Å². The molecule has 6 atom stereocenters. The Morgan fingerprint density at radius 1 is 1.20 bits per heavy atom. The molecule has 2 heterocycles. The first-order valence-electron chi connectivity index (χ1n) is 8.36. The van der Waals surface area contributed by atoms with Gasteiger partial charge in [-0.3, -0.25) is 4.90 Å². The monoisotopic (exact) mass is 283 g/mol. The van der Waals surface area contributed by atoms with Crippen molar-refractivity contribution in [2.45, 2.75) is 72.1 Å². The van der Waals surface area contributed by atoms with Crippen molar-refractivity contribution in [1.29, 1.82) is 0 Å². The number of piperidine rings is 1. The van der Waals surface area contributed by atoms with Crippen molar-refractivity contribution in [3.8, 4) is 0 Å². The highest BCUT2D eigenvalue weighted by Gasteiger charge is 2.53. The van der Waals surface area contributed by atoms with Crippen LogP contribution in [0.15, 0.2) is 0 Å². The molecule has 0 saturated carbocycles. The molecule has 0 radical (unpaired) electrons.